The Labute approximate surface area is 285 Å². The molecule has 1 nitrogen and oxygen atoms in total. The van der Waals surface area contributed by atoms with E-state index in [1.54, 1.807) is 0 Å². The smallest absolute Gasteiger partial charge is 0.0465 e. The molecule has 0 radical (unpaired) electrons. The summed E-state index contributed by atoms with van der Waals surface area (Å²) in [6, 6.07) is 50.5. The maximum absolute atomic E-state index is 2.46. The SMILES string of the molecule is CC1(C)c2ccccc2-c2cc(-c3cccc4c3-c3ccc(N(c5ccccc5)c5ccc(C6CCCC6)cc5)cc3C4(C)C)ccc21. The van der Waals surface area contributed by atoms with E-state index in [-0.39, 0.29) is 10.8 Å². The Hall–Kier alpha value is -4.88. The van der Waals surface area contributed by atoms with Crippen molar-refractivity contribution in [2.45, 2.75) is 70.1 Å². The summed E-state index contributed by atoms with van der Waals surface area (Å²) in [5, 5.41) is 0. The van der Waals surface area contributed by atoms with Crippen molar-refractivity contribution in [2.75, 3.05) is 4.90 Å². The summed E-state index contributed by atoms with van der Waals surface area (Å²) in [7, 11) is 0. The van der Waals surface area contributed by atoms with Crippen LogP contribution in [-0.4, -0.2) is 0 Å². The quantitative estimate of drug-likeness (QED) is 0.185. The van der Waals surface area contributed by atoms with Crippen LogP contribution in [0, 0.1) is 0 Å². The minimum absolute atomic E-state index is 0.00946. The maximum atomic E-state index is 2.46. The Morgan fingerprint density at radius 2 is 1.08 bits per heavy atom. The van der Waals surface area contributed by atoms with Crippen LogP contribution in [0.3, 0.4) is 0 Å². The molecular formula is C47H43N. The van der Waals surface area contributed by atoms with E-state index in [0.29, 0.717) is 5.92 Å². The number of hydrogen-bond donors (Lipinski definition) is 0. The molecule has 0 N–H and O–H groups in total. The van der Waals surface area contributed by atoms with Crippen molar-refractivity contribution in [1.29, 1.82) is 0 Å². The molecule has 3 aliphatic carbocycles. The number of fused-ring (bicyclic) bond motifs is 6. The summed E-state index contributed by atoms with van der Waals surface area (Å²) in [5.74, 6) is 0.713. The van der Waals surface area contributed by atoms with E-state index in [0.717, 1.165) is 0 Å². The first-order valence-corrected chi connectivity index (χ1v) is 17.8. The third-order valence-electron chi connectivity index (χ3n) is 11.8. The molecule has 0 heterocycles. The third-order valence-corrected chi connectivity index (χ3v) is 11.8. The van der Waals surface area contributed by atoms with E-state index in [1.165, 1.54) is 104 Å². The molecule has 0 saturated heterocycles. The largest absolute Gasteiger partial charge is 0.310 e. The molecule has 1 heteroatoms. The lowest BCUT2D eigenvalue weighted by Gasteiger charge is -2.28. The summed E-state index contributed by atoms with van der Waals surface area (Å²) in [4.78, 5) is 2.43. The van der Waals surface area contributed by atoms with E-state index in [4.69, 9.17) is 0 Å². The second-order valence-corrected chi connectivity index (χ2v) is 15.3. The Morgan fingerprint density at radius 3 is 1.88 bits per heavy atom. The zero-order chi connectivity index (χ0) is 32.6. The second-order valence-electron chi connectivity index (χ2n) is 15.3. The molecule has 236 valence electrons. The molecule has 0 bridgehead atoms. The van der Waals surface area contributed by atoms with Gasteiger partial charge in [0.05, 0.1) is 0 Å². The molecule has 0 atom stereocenters. The summed E-state index contributed by atoms with van der Waals surface area (Å²) in [5.41, 5.74) is 18.7. The highest BCUT2D eigenvalue weighted by Gasteiger charge is 2.39. The average molecular weight is 622 g/mol. The van der Waals surface area contributed by atoms with E-state index >= 15 is 0 Å². The van der Waals surface area contributed by atoms with Gasteiger partial charge in [-0.25, -0.2) is 0 Å². The number of anilines is 3. The average Bonchev–Trinajstić information content (AvgIpc) is 3.80. The standard InChI is InChI=1S/C47H43N/c1-46(2)41-19-11-10-17-38(41)40-29-33(23-28-42(40)46)37-18-12-20-43-45(37)39-27-26-36(30-44(39)47(43,3)4)48(34-15-6-5-7-16-34)35-24-21-32(22-25-35)31-13-8-9-14-31/h5-7,10-12,15-31H,8-9,13-14H2,1-4H3. The highest BCUT2D eigenvalue weighted by molar-refractivity contribution is 5.95. The Bertz CT molecular complexity index is 2180. The van der Waals surface area contributed by atoms with Crippen LogP contribution in [0.2, 0.25) is 0 Å². The number of benzene rings is 6. The molecule has 0 aliphatic heterocycles. The fraction of sp³-hybridized carbons (Fsp3) is 0.234. The molecule has 0 aromatic heterocycles. The monoisotopic (exact) mass is 621 g/mol. The highest BCUT2D eigenvalue weighted by atomic mass is 15.1. The van der Waals surface area contributed by atoms with Crippen LogP contribution < -0.4 is 4.90 Å². The minimum Gasteiger partial charge on any atom is -0.310 e. The van der Waals surface area contributed by atoms with Crippen LogP contribution >= 0.6 is 0 Å². The fourth-order valence-electron chi connectivity index (χ4n) is 9.22. The predicted octanol–water partition coefficient (Wildman–Crippen LogP) is 13.1. The first-order chi connectivity index (χ1) is 23.3. The first-order valence-electron chi connectivity index (χ1n) is 17.8. The lowest BCUT2D eigenvalue weighted by atomic mass is 9.81. The third kappa shape index (κ3) is 4.37. The van der Waals surface area contributed by atoms with Crippen molar-refractivity contribution >= 4 is 17.1 Å². The van der Waals surface area contributed by atoms with Gasteiger partial charge in [0.25, 0.3) is 0 Å². The van der Waals surface area contributed by atoms with Crippen molar-refractivity contribution in [3.63, 3.8) is 0 Å². The zero-order valence-electron chi connectivity index (χ0n) is 28.6. The normalized spacial score (nSPS) is 16.7. The molecule has 0 unspecified atom stereocenters. The van der Waals surface area contributed by atoms with Gasteiger partial charge >= 0.3 is 0 Å². The predicted molar refractivity (Wildman–Crippen MR) is 203 cm³/mol. The summed E-state index contributed by atoms with van der Waals surface area (Å²) in [6.07, 6.45) is 5.36. The van der Waals surface area contributed by atoms with Gasteiger partial charge in [0.15, 0.2) is 0 Å². The van der Waals surface area contributed by atoms with Crippen LogP contribution in [0.4, 0.5) is 17.1 Å². The number of para-hydroxylation sites is 1. The maximum Gasteiger partial charge on any atom is 0.0465 e. The molecule has 6 aromatic carbocycles. The molecule has 3 aliphatic rings. The van der Waals surface area contributed by atoms with Crippen molar-refractivity contribution in [3.05, 3.63) is 161 Å². The van der Waals surface area contributed by atoms with Crippen molar-refractivity contribution in [1.82, 2.24) is 0 Å². The summed E-state index contributed by atoms with van der Waals surface area (Å²) in [6.45, 7) is 9.51. The van der Waals surface area contributed by atoms with Gasteiger partial charge in [0.2, 0.25) is 0 Å². The van der Waals surface area contributed by atoms with Gasteiger partial charge in [0.1, 0.15) is 0 Å². The van der Waals surface area contributed by atoms with Gasteiger partial charge in [0, 0.05) is 27.9 Å². The number of rotatable bonds is 5. The van der Waals surface area contributed by atoms with E-state index in [1.807, 2.05) is 0 Å². The van der Waals surface area contributed by atoms with Gasteiger partial charge in [-0.2, -0.15) is 0 Å². The van der Waals surface area contributed by atoms with Gasteiger partial charge in [-0.05, 0) is 122 Å². The molecular weight excluding hydrogens is 579 g/mol. The summed E-state index contributed by atoms with van der Waals surface area (Å²) < 4.78 is 0. The molecule has 48 heavy (non-hydrogen) atoms. The van der Waals surface area contributed by atoms with Gasteiger partial charge < -0.3 is 4.90 Å². The van der Waals surface area contributed by atoms with Crippen LogP contribution in [0.25, 0.3) is 33.4 Å². The number of hydrogen-bond acceptors (Lipinski definition) is 1. The van der Waals surface area contributed by atoms with E-state index in [9.17, 15) is 0 Å². The van der Waals surface area contributed by atoms with Crippen LogP contribution in [0.15, 0.2) is 133 Å². The zero-order valence-corrected chi connectivity index (χ0v) is 28.6. The topological polar surface area (TPSA) is 3.24 Å². The molecule has 0 spiro atoms. The lowest BCUT2D eigenvalue weighted by molar-refractivity contribution is 0.660. The van der Waals surface area contributed by atoms with Crippen molar-refractivity contribution < 1.29 is 0 Å². The summed E-state index contributed by atoms with van der Waals surface area (Å²) >= 11 is 0. The minimum atomic E-state index is -0.128. The second kappa shape index (κ2) is 10.8. The molecule has 9 rings (SSSR count). The van der Waals surface area contributed by atoms with Crippen molar-refractivity contribution in [3.8, 4) is 33.4 Å². The van der Waals surface area contributed by atoms with E-state index < -0.39 is 0 Å². The van der Waals surface area contributed by atoms with E-state index in [2.05, 4.69) is 166 Å². The van der Waals surface area contributed by atoms with Crippen LogP contribution in [-0.2, 0) is 10.8 Å². The fourth-order valence-corrected chi connectivity index (χ4v) is 9.22. The van der Waals surface area contributed by atoms with Crippen LogP contribution in [0.5, 0.6) is 0 Å². The molecule has 0 amide bonds. The molecule has 6 aromatic rings. The van der Waals surface area contributed by atoms with Gasteiger partial charge in [-0.1, -0.05) is 132 Å². The lowest BCUT2D eigenvalue weighted by Crippen LogP contribution is -2.16. The Balaban J connectivity index is 1.16. The first kappa shape index (κ1) is 29.3. The number of nitrogens with zero attached hydrogens (tertiary/aromatic N) is 1. The van der Waals surface area contributed by atoms with Gasteiger partial charge in [-0.3, -0.25) is 0 Å². The van der Waals surface area contributed by atoms with Gasteiger partial charge in [-0.15, -0.1) is 0 Å². The molecule has 1 saturated carbocycles. The Morgan fingerprint density at radius 1 is 0.458 bits per heavy atom. The van der Waals surface area contributed by atoms with Crippen LogP contribution in [0.1, 0.15) is 87.1 Å². The Kier molecular flexibility index (Phi) is 6.60. The molecule has 1 fully saturated rings. The highest BCUT2D eigenvalue weighted by Crippen LogP contribution is 2.55. The van der Waals surface area contributed by atoms with Crippen molar-refractivity contribution in [2.24, 2.45) is 0 Å².